The van der Waals surface area contributed by atoms with Crippen molar-refractivity contribution in [1.82, 2.24) is 9.88 Å². The predicted octanol–water partition coefficient (Wildman–Crippen LogP) is 3.33. The first-order valence-electron chi connectivity index (χ1n) is 7.42. The number of anilines is 1. The Hall–Kier alpha value is -1.58. The molecule has 1 heterocycles. The first-order valence-corrected chi connectivity index (χ1v) is 7.42. The van der Waals surface area contributed by atoms with Gasteiger partial charge < -0.3 is 10.2 Å². The zero-order valence-corrected chi connectivity index (χ0v) is 13.4. The van der Waals surface area contributed by atoms with Crippen LogP contribution in [0.5, 0.6) is 0 Å². The minimum atomic E-state index is 0.0655. The van der Waals surface area contributed by atoms with Crippen LogP contribution in [0.25, 0.3) is 0 Å². The Morgan fingerprint density at radius 1 is 1.40 bits per heavy atom. The van der Waals surface area contributed by atoms with Crippen molar-refractivity contribution in [2.45, 2.75) is 40.5 Å². The molecule has 0 aliphatic carbocycles. The molecule has 0 saturated heterocycles. The number of carbonyl (C=O) groups excluding carboxylic acids is 1. The number of hydrogen-bond donors (Lipinski definition) is 1. The maximum atomic E-state index is 12.4. The van der Waals surface area contributed by atoms with E-state index in [-0.39, 0.29) is 5.91 Å². The summed E-state index contributed by atoms with van der Waals surface area (Å²) in [6.07, 6.45) is 2.06. The molecule has 0 saturated carbocycles. The van der Waals surface area contributed by atoms with Crippen LogP contribution in [0.1, 0.15) is 49.7 Å². The second-order valence-corrected chi connectivity index (χ2v) is 5.72. The second-order valence-electron chi connectivity index (χ2n) is 5.72. The lowest BCUT2D eigenvalue weighted by atomic mass is 10.1. The van der Waals surface area contributed by atoms with Gasteiger partial charge in [0.05, 0.1) is 0 Å². The fourth-order valence-electron chi connectivity index (χ4n) is 1.91. The van der Waals surface area contributed by atoms with E-state index >= 15 is 0 Å². The maximum Gasteiger partial charge on any atom is 0.253 e. The van der Waals surface area contributed by atoms with Gasteiger partial charge in [-0.3, -0.25) is 4.79 Å². The normalized spacial score (nSPS) is 10.7. The van der Waals surface area contributed by atoms with E-state index in [2.05, 4.69) is 31.1 Å². The molecule has 1 rings (SSSR count). The van der Waals surface area contributed by atoms with Crippen LogP contribution in [0.4, 0.5) is 5.82 Å². The topological polar surface area (TPSA) is 45.2 Å². The predicted molar refractivity (Wildman–Crippen MR) is 84.2 cm³/mol. The second kappa shape index (κ2) is 7.88. The first-order chi connectivity index (χ1) is 9.43. The van der Waals surface area contributed by atoms with Gasteiger partial charge in [-0.15, -0.1) is 0 Å². The Bertz CT molecular complexity index is 443. The molecule has 1 amide bonds. The lowest BCUT2D eigenvalue weighted by molar-refractivity contribution is 0.0789. The largest absolute Gasteiger partial charge is 0.370 e. The fraction of sp³-hybridized carbons (Fsp3) is 0.625. The number of nitrogens with one attached hydrogen (secondary N) is 1. The SMILES string of the molecule is CCCNc1cc(C(=O)N(C)CCC(C)C)cc(C)n1. The third-order valence-corrected chi connectivity index (χ3v) is 3.15. The smallest absolute Gasteiger partial charge is 0.253 e. The average molecular weight is 277 g/mol. The van der Waals surface area contributed by atoms with E-state index in [0.717, 1.165) is 37.4 Å². The van der Waals surface area contributed by atoms with Crippen molar-refractivity contribution in [2.24, 2.45) is 5.92 Å². The Balaban J connectivity index is 2.78. The number of nitrogens with zero attached hydrogens (tertiary/aromatic N) is 2. The molecule has 1 N–H and O–H groups in total. The monoisotopic (exact) mass is 277 g/mol. The lowest BCUT2D eigenvalue weighted by Gasteiger charge is -2.19. The molecule has 0 aromatic carbocycles. The molecule has 0 fully saturated rings. The number of rotatable bonds is 7. The van der Waals surface area contributed by atoms with Crippen LogP contribution in [0.2, 0.25) is 0 Å². The highest BCUT2D eigenvalue weighted by Crippen LogP contribution is 2.13. The Morgan fingerprint density at radius 2 is 2.10 bits per heavy atom. The van der Waals surface area contributed by atoms with Crippen molar-refractivity contribution < 1.29 is 4.79 Å². The van der Waals surface area contributed by atoms with Crippen LogP contribution in [-0.4, -0.2) is 35.9 Å². The van der Waals surface area contributed by atoms with Crippen molar-refractivity contribution in [2.75, 3.05) is 25.5 Å². The summed E-state index contributed by atoms with van der Waals surface area (Å²) in [5.41, 5.74) is 1.58. The van der Waals surface area contributed by atoms with Gasteiger partial charge in [0.25, 0.3) is 5.91 Å². The summed E-state index contributed by atoms with van der Waals surface area (Å²) in [7, 11) is 1.86. The molecule has 1 aromatic heterocycles. The molecule has 0 atom stereocenters. The standard InChI is InChI=1S/C16H27N3O/c1-6-8-17-15-11-14(10-13(4)18-15)16(20)19(5)9-7-12(2)3/h10-12H,6-9H2,1-5H3,(H,17,18). The van der Waals surface area contributed by atoms with Crippen molar-refractivity contribution in [3.8, 4) is 0 Å². The van der Waals surface area contributed by atoms with Gasteiger partial charge in [0.15, 0.2) is 0 Å². The van der Waals surface area contributed by atoms with Gasteiger partial charge in [-0.2, -0.15) is 0 Å². The Kier molecular flexibility index (Phi) is 6.49. The molecule has 0 aliphatic heterocycles. The van der Waals surface area contributed by atoms with Gasteiger partial charge >= 0.3 is 0 Å². The van der Waals surface area contributed by atoms with Gasteiger partial charge in [-0.25, -0.2) is 4.98 Å². The Morgan fingerprint density at radius 3 is 2.70 bits per heavy atom. The van der Waals surface area contributed by atoms with Gasteiger partial charge in [0, 0.05) is 31.4 Å². The van der Waals surface area contributed by atoms with E-state index in [1.807, 2.05) is 26.1 Å². The minimum Gasteiger partial charge on any atom is -0.370 e. The number of carbonyl (C=O) groups is 1. The van der Waals surface area contributed by atoms with Crippen molar-refractivity contribution in [3.05, 3.63) is 23.4 Å². The molecule has 0 unspecified atom stereocenters. The summed E-state index contributed by atoms with van der Waals surface area (Å²) in [5, 5.41) is 3.24. The molecular weight excluding hydrogens is 250 g/mol. The summed E-state index contributed by atoms with van der Waals surface area (Å²) < 4.78 is 0. The zero-order valence-electron chi connectivity index (χ0n) is 13.4. The lowest BCUT2D eigenvalue weighted by Crippen LogP contribution is -2.28. The van der Waals surface area contributed by atoms with E-state index in [9.17, 15) is 4.79 Å². The van der Waals surface area contributed by atoms with E-state index in [0.29, 0.717) is 11.5 Å². The molecule has 0 radical (unpaired) electrons. The molecule has 0 aliphatic rings. The molecule has 4 heteroatoms. The van der Waals surface area contributed by atoms with Gasteiger partial charge in [-0.1, -0.05) is 20.8 Å². The minimum absolute atomic E-state index is 0.0655. The highest BCUT2D eigenvalue weighted by molar-refractivity contribution is 5.94. The van der Waals surface area contributed by atoms with E-state index < -0.39 is 0 Å². The molecule has 0 bridgehead atoms. The van der Waals surface area contributed by atoms with Crippen LogP contribution in [0.15, 0.2) is 12.1 Å². The molecular formula is C16H27N3O. The number of amides is 1. The third kappa shape index (κ3) is 5.19. The fourth-order valence-corrected chi connectivity index (χ4v) is 1.91. The zero-order chi connectivity index (χ0) is 15.1. The van der Waals surface area contributed by atoms with E-state index in [1.54, 1.807) is 4.90 Å². The maximum absolute atomic E-state index is 12.4. The number of pyridine rings is 1. The quantitative estimate of drug-likeness (QED) is 0.831. The first kappa shape index (κ1) is 16.5. The number of aromatic nitrogens is 1. The summed E-state index contributed by atoms with van der Waals surface area (Å²) in [6, 6.07) is 3.70. The summed E-state index contributed by atoms with van der Waals surface area (Å²) in [6.45, 7) is 10.0. The van der Waals surface area contributed by atoms with Gasteiger partial charge in [-0.05, 0) is 37.8 Å². The summed E-state index contributed by atoms with van der Waals surface area (Å²) >= 11 is 0. The van der Waals surface area contributed by atoms with E-state index in [4.69, 9.17) is 0 Å². The average Bonchev–Trinajstić information content (AvgIpc) is 2.41. The highest BCUT2D eigenvalue weighted by Gasteiger charge is 2.13. The molecule has 20 heavy (non-hydrogen) atoms. The van der Waals surface area contributed by atoms with Crippen LogP contribution in [0.3, 0.4) is 0 Å². The summed E-state index contributed by atoms with van der Waals surface area (Å²) in [5.74, 6) is 1.45. The third-order valence-electron chi connectivity index (χ3n) is 3.15. The van der Waals surface area contributed by atoms with Gasteiger partial charge in [0.2, 0.25) is 0 Å². The number of aryl methyl sites for hydroxylation is 1. The molecule has 0 spiro atoms. The van der Waals surface area contributed by atoms with Crippen LogP contribution < -0.4 is 5.32 Å². The number of hydrogen-bond acceptors (Lipinski definition) is 3. The van der Waals surface area contributed by atoms with Crippen molar-refractivity contribution in [1.29, 1.82) is 0 Å². The van der Waals surface area contributed by atoms with Crippen LogP contribution in [-0.2, 0) is 0 Å². The van der Waals surface area contributed by atoms with Crippen molar-refractivity contribution >= 4 is 11.7 Å². The van der Waals surface area contributed by atoms with E-state index in [1.165, 1.54) is 0 Å². The molecule has 112 valence electrons. The Labute approximate surface area is 122 Å². The van der Waals surface area contributed by atoms with Crippen LogP contribution >= 0.6 is 0 Å². The van der Waals surface area contributed by atoms with Crippen LogP contribution in [0, 0.1) is 12.8 Å². The molecule has 4 nitrogen and oxygen atoms in total. The summed E-state index contributed by atoms with van der Waals surface area (Å²) in [4.78, 5) is 18.6. The van der Waals surface area contributed by atoms with Gasteiger partial charge in [0.1, 0.15) is 5.82 Å². The van der Waals surface area contributed by atoms with Crippen molar-refractivity contribution in [3.63, 3.8) is 0 Å². The highest BCUT2D eigenvalue weighted by atomic mass is 16.2. The molecule has 1 aromatic rings.